The Morgan fingerprint density at radius 1 is 0.739 bits per heavy atom. The minimum atomic E-state index is -0.763. The Kier molecular flexibility index (Phi) is 3.27. The van der Waals surface area contributed by atoms with E-state index in [4.69, 9.17) is 0 Å². The molecule has 2 aromatic heterocycles. The number of pyridine rings is 2. The lowest BCUT2D eigenvalue weighted by Gasteiger charge is -2.38. The zero-order valence-corrected chi connectivity index (χ0v) is 12.6. The number of carbonyl (C=O) groups is 1. The summed E-state index contributed by atoms with van der Waals surface area (Å²) in [6.45, 7) is 0. The standard InChI is InChI=1S/C20H16N2O/c23-19-6-5-15-3-1-2-4-18(15)20(19,16-7-11-21-12-8-16)17-9-13-22-14-10-17/h1-4,7-14H,5-6H2. The number of carbonyl (C=O) groups excluding carboxylic acids is 1. The SMILES string of the molecule is O=C1CCc2ccccc2C1(c1ccncc1)c1ccncc1. The highest BCUT2D eigenvalue weighted by atomic mass is 16.1. The average molecular weight is 300 g/mol. The average Bonchev–Trinajstić information content (AvgIpc) is 2.63. The molecule has 3 heteroatoms. The summed E-state index contributed by atoms with van der Waals surface area (Å²) in [5.41, 5.74) is 3.49. The molecule has 0 bridgehead atoms. The van der Waals surface area contributed by atoms with Crippen molar-refractivity contribution in [2.75, 3.05) is 0 Å². The molecule has 3 aromatic rings. The number of Topliss-reactive ketones (excluding diaryl/α,β-unsaturated/α-hetero) is 1. The van der Waals surface area contributed by atoms with Gasteiger partial charge in [-0.1, -0.05) is 24.3 Å². The zero-order chi connectivity index (χ0) is 15.7. The van der Waals surface area contributed by atoms with E-state index in [-0.39, 0.29) is 5.78 Å². The smallest absolute Gasteiger partial charge is 0.152 e. The molecule has 1 aliphatic carbocycles. The van der Waals surface area contributed by atoms with Gasteiger partial charge in [-0.3, -0.25) is 14.8 Å². The summed E-state index contributed by atoms with van der Waals surface area (Å²) in [4.78, 5) is 21.5. The van der Waals surface area contributed by atoms with Crippen LogP contribution in [-0.2, 0) is 16.6 Å². The van der Waals surface area contributed by atoms with Gasteiger partial charge < -0.3 is 0 Å². The number of hydrogen-bond acceptors (Lipinski definition) is 3. The molecule has 0 N–H and O–H groups in total. The van der Waals surface area contributed by atoms with Gasteiger partial charge in [-0.15, -0.1) is 0 Å². The van der Waals surface area contributed by atoms with Crippen LogP contribution in [0.5, 0.6) is 0 Å². The third-order valence-corrected chi connectivity index (χ3v) is 4.69. The monoisotopic (exact) mass is 300 g/mol. The van der Waals surface area contributed by atoms with Gasteiger partial charge in [0, 0.05) is 31.2 Å². The third-order valence-electron chi connectivity index (χ3n) is 4.69. The molecule has 0 fully saturated rings. The van der Waals surface area contributed by atoms with E-state index in [1.807, 2.05) is 36.4 Å². The molecule has 3 nitrogen and oxygen atoms in total. The topological polar surface area (TPSA) is 42.9 Å². The van der Waals surface area contributed by atoms with Gasteiger partial charge in [-0.25, -0.2) is 0 Å². The lowest BCUT2D eigenvalue weighted by atomic mass is 9.62. The van der Waals surface area contributed by atoms with Crippen LogP contribution in [0.15, 0.2) is 73.3 Å². The Balaban J connectivity index is 2.10. The van der Waals surface area contributed by atoms with Gasteiger partial charge in [0.2, 0.25) is 0 Å². The van der Waals surface area contributed by atoms with Crippen molar-refractivity contribution in [1.29, 1.82) is 0 Å². The lowest BCUT2D eigenvalue weighted by Crippen LogP contribution is -2.42. The van der Waals surface area contributed by atoms with Crippen molar-refractivity contribution in [3.63, 3.8) is 0 Å². The van der Waals surface area contributed by atoms with Gasteiger partial charge in [0.1, 0.15) is 5.41 Å². The molecule has 0 amide bonds. The summed E-state index contributed by atoms with van der Waals surface area (Å²) < 4.78 is 0. The highest BCUT2D eigenvalue weighted by Crippen LogP contribution is 2.45. The maximum atomic E-state index is 13.2. The predicted octanol–water partition coefficient (Wildman–Crippen LogP) is 3.33. The first-order valence-electron chi connectivity index (χ1n) is 7.76. The number of hydrogen-bond donors (Lipinski definition) is 0. The molecule has 1 aliphatic rings. The fourth-order valence-corrected chi connectivity index (χ4v) is 3.69. The molecule has 0 spiro atoms. The van der Waals surface area contributed by atoms with E-state index in [9.17, 15) is 4.79 Å². The van der Waals surface area contributed by atoms with Crippen molar-refractivity contribution in [2.24, 2.45) is 0 Å². The zero-order valence-electron chi connectivity index (χ0n) is 12.6. The molecule has 0 saturated carbocycles. The minimum absolute atomic E-state index is 0.230. The summed E-state index contributed by atoms with van der Waals surface area (Å²) in [5.74, 6) is 0.230. The van der Waals surface area contributed by atoms with Gasteiger partial charge in [0.15, 0.2) is 5.78 Å². The summed E-state index contributed by atoms with van der Waals surface area (Å²) in [6, 6.07) is 16.0. The third kappa shape index (κ3) is 2.00. The molecule has 2 heterocycles. The number of aryl methyl sites for hydroxylation is 1. The van der Waals surface area contributed by atoms with E-state index in [1.54, 1.807) is 24.8 Å². The second-order valence-electron chi connectivity index (χ2n) is 5.80. The summed E-state index contributed by atoms with van der Waals surface area (Å²) in [5, 5.41) is 0. The number of fused-ring (bicyclic) bond motifs is 1. The Morgan fingerprint density at radius 3 is 1.91 bits per heavy atom. The fourth-order valence-electron chi connectivity index (χ4n) is 3.69. The minimum Gasteiger partial charge on any atom is -0.298 e. The van der Waals surface area contributed by atoms with E-state index in [2.05, 4.69) is 22.1 Å². The molecule has 23 heavy (non-hydrogen) atoms. The first-order valence-corrected chi connectivity index (χ1v) is 7.76. The summed E-state index contributed by atoms with van der Waals surface area (Å²) in [7, 11) is 0. The number of aromatic nitrogens is 2. The van der Waals surface area contributed by atoms with Crippen molar-refractivity contribution in [1.82, 2.24) is 9.97 Å². The van der Waals surface area contributed by atoms with Crippen LogP contribution in [0.3, 0.4) is 0 Å². The molecule has 0 aliphatic heterocycles. The quantitative estimate of drug-likeness (QED) is 0.729. The van der Waals surface area contributed by atoms with Crippen LogP contribution in [0.1, 0.15) is 28.7 Å². The lowest BCUT2D eigenvalue weighted by molar-refractivity contribution is -0.122. The van der Waals surface area contributed by atoms with Gasteiger partial charge in [-0.2, -0.15) is 0 Å². The van der Waals surface area contributed by atoms with Crippen LogP contribution in [0.4, 0.5) is 0 Å². The van der Waals surface area contributed by atoms with Crippen LogP contribution in [0, 0.1) is 0 Å². The number of ketones is 1. The van der Waals surface area contributed by atoms with Crippen LogP contribution in [0.25, 0.3) is 0 Å². The van der Waals surface area contributed by atoms with Crippen molar-refractivity contribution in [2.45, 2.75) is 18.3 Å². The number of nitrogens with zero attached hydrogens (tertiary/aromatic N) is 2. The van der Waals surface area contributed by atoms with E-state index < -0.39 is 5.41 Å². The molecule has 0 saturated heterocycles. The van der Waals surface area contributed by atoms with E-state index in [0.29, 0.717) is 6.42 Å². The molecule has 0 radical (unpaired) electrons. The normalized spacial score (nSPS) is 15.9. The maximum Gasteiger partial charge on any atom is 0.152 e. The second-order valence-corrected chi connectivity index (χ2v) is 5.80. The van der Waals surface area contributed by atoms with Crippen molar-refractivity contribution in [3.05, 3.63) is 95.6 Å². The molecule has 0 atom stereocenters. The first kappa shape index (κ1) is 13.8. The summed E-state index contributed by atoms with van der Waals surface area (Å²) in [6.07, 6.45) is 8.35. The van der Waals surface area contributed by atoms with Crippen LogP contribution < -0.4 is 0 Å². The molecule has 0 unspecified atom stereocenters. The Labute approximate surface area is 135 Å². The summed E-state index contributed by atoms with van der Waals surface area (Å²) >= 11 is 0. The Bertz CT molecular complexity index is 804. The second kappa shape index (κ2) is 5.43. The van der Waals surface area contributed by atoms with E-state index >= 15 is 0 Å². The highest BCUT2D eigenvalue weighted by Gasteiger charge is 2.46. The largest absolute Gasteiger partial charge is 0.298 e. The van der Waals surface area contributed by atoms with E-state index in [1.165, 1.54) is 5.56 Å². The van der Waals surface area contributed by atoms with Crippen LogP contribution in [0.2, 0.25) is 0 Å². The predicted molar refractivity (Wildman–Crippen MR) is 88.1 cm³/mol. The fraction of sp³-hybridized carbons (Fsp3) is 0.150. The maximum absolute atomic E-state index is 13.2. The van der Waals surface area contributed by atoms with Gasteiger partial charge in [0.05, 0.1) is 0 Å². The highest BCUT2D eigenvalue weighted by molar-refractivity contribution is 5.99. The van der Waals surface area contributed by atoms with Crippen molar-refractivity contribution < 1.29 is 4.79 Å². The van der Waals surface area contributed by atoms with Crippen molar-refractivity contribution >= 4 is 5.78 Å². The molecule has 112 valence electrons. The van der Waals surface area contributed by atoms with Gasteiger partial charge in [-0.05, 0) is 52.9 Å². The van der Waals surface area contributed by atoms with Crippen LogP contribution >= 0.6 is 0 Å². The van der Waals surface area contributed by atoms with Gasteiger partial charge >= 0.3 is 0 Å². The van der Waals surface area contributed by atoms with Crippen molar-refractivity contribution in [3.8, 4) is 0 Å². The van der Waals surface area contributed by atoms with E-state index in [0.717, 1.165) is 23.1 Å². The van der Waals surface area contributed by atoms with Gasteiger partial charge in [0.25, 0.3) is 0 Å². The van der Waals surface area contributed by atoms with Crippen LogP contribution in [-0.4, -0.2) is 15.8 Å². The molecular weight excluding hydrogens is 284 g/mol. The Morgan fingerprint density at radius 2 is 1.30 bits per heavy atom. The number of rotatable bonds is 2. The first-order chi connectivity index (χ1) is 11.3. The number of benzene rings is 1. The molecule has 4 rings (SSSR count). The molecule has 1 aromatic carbocycles. The Hall–Kier alpha value is -2.81. The molecular formula is C20H16N2O.